The molecule has 132 valence electrons. The second-order valence-electron chi connectivity index (χ2n) is 6.24. The van der Waals surface area contributed by atoms with E-state index in [0.717, 1.165) is 42.8 Å². The summed E-state index contributed by atoms with van der Waals surface area (Å²) in [6, 6.07) is 11.6. The molecule has 0 saturated carbocycles. The molecule has 1 aliphatic rings. The van der Waals surface area contributed by atoms with Gasteiger partial charge >= 0.3 is 0 Å². The van der Waals surface area contributed by atoms with Gasteiger partial charge in [-0.1, -0.05) is 24.3 Å². The van der Waals surface area contributed by atoms with Gasteiger partial charge in [0.05, 0.1) is 26.2 Å². The van der Waals surface area contributed by atoms with Gasteiger partial charge in [-0.2, -0.15) is 0 Å². The predicted octanol–water partition coefficient (Wildman–Crippen LogP) is 2.84. The maximum absolute atomic E-state index is 12.5. The van der Waals surface area contributed by atoms with E-state index in [1.807, 2.05) is 47.5 Å². The van der Waals surface area contributed by atoms with E-state index >= 15 is 0 Å². The summed E-state index contributed by atoms with van der Waals surface area (Å²) in [6.45, 7) is 2.06. The molecule has 0 N–H and O–H groups in total. The summed E-state index contributed by atoms with van der Waals surface area (Å²) in [5.41, 5.74) is 2.02. The van der Waals surface area contributed by atoms with E-state index in [4.69, 9.17) is 9.47 Å². The van der Waals surface area contributed by atoms with Gasteiger partial charge in [-0.15, -0.1) is 0 Å². The van der Waals surface area contributed by atoms with E-state index < -0.39 is 0 Å². The van der Waals surface area contributed by atoms with Gasteiger partial charge in [0.1, 0.15) is 5.75 Å². The fourth-order valence-electron chi connectivity index (χ4n) is 3.09. The summed E-state index contributed by atoms with van der Waals surface area (Å²) in [5, 5.41) is 0. The van der Waals surface area contributed by atoms with Gasteiger partial charge < -0.3 is 14.4 Å². The first-order valence-corrected chi connectivity index (χ1v) is 8.66. The highest BCUT2D eigenvalue weighted by Gasteiger charge is 2.23. The second-order valence-corrected chi connectivity index (χ2v) is 6.24. The van der Waals surface area contributed by atoms with E-state index in [1.54, 1.807) is 13.3 Å². The number of carbonyl (C=O) groups is 1. The molecule has 0 radical (unpaired) electrons. The monoisotopic (exact) mass is 340 g/mol. The third-order valence-corrected chi connectivity index (χ3v) is 4.54. The van der Waals surface area contributed by atoms with Crippen molar-refractivity contribution in [3.63, 3.8) is 0 Å². The normalized spacial score (nSPS) is 15.2. The number of para-hydroxylation sites is 1. The molecule has 0 spiro atoms. The summed E-state index contributed by atoms with van der Waals surface area (Å²) in [6.07, 6.45) is 5.91. The van der Waals surface area contributed by atoms with Crippen molar-refractivity contribution in [2.75, 3.05) is 20.2 Å². The molecular formula is C20H24N2O3. The molecule has 3 rings (SSSR count). The third kappa shape index (κ3) is 4.79. The second kappa shape index (κ2) is 8.62. The molecular weight excluding hydrogens is 316 g/mol. The van der Waals surface area contributed by atoms with Gasteiger partial charge in [0.25, 0.3) is 0 Å². The minimum absolute atomic E-state index is 0.148. The topological polar surface area (TPSA) is 51.7 Å². The van der Waals surface area contributed by atoms with Gasteiger partial charge in [-0.3, -0.25) is 9.78 Å². The predicted molar refractivity (Wildman–Crippen MR) is 95.3 cm³/mol. The fourth-order valence-corrected chi connectivity index (χ4v) is 3.09. The number of nitrogens with zero attached hydrogens (tertiary/aromatic N) is 2. The molecule has 1 amide bonds. The van der Waals surface area contributed by atoms with Crippen LogP contribution >= 0.6 is 0 Å². The lowest BCUT2D eigenvalue weighted by Crippen LogP contribution is -2.41. The van der Waals surface area contributed by atoms with Crippen LogP contribution in [0.25, 0.3) is 0 Å². The lowest BCUT2D eigenvalue weighted by atomic mass is 10.1. The van der Waals surface area contributed by atoms with Crippen LogP contribution in [0.1, 0.15) is 24.0 Å². The minimum atomic E-state index is 0.148. The Hall–Kier alpha value is -2.40. The zero-order valence-electron chi connectivity index (χ0n) is 14.6. The number of hydrogen-bond acceptors (Lipinski definition) is 4. The van der Waals surface area contributed by atoms with E-state index in [-0.39, 0.29) is 12.0 Å². The lowest BCUT2D eigenvalue weighted by molar-refractivity contribution is -0.133. The number of hydrogen-bond donors (Lipinski definition) is 0. The average Bonchev–Trinajstić information content (AvgIpc) is 2.68. The van der Waals surface area contributed by atoms with Crippen LogP contribution in [-0.2, 0) is 22.6 Å². The first-order chi connectivity index (χ1) is 12.3. The first-order valence-electron chi connectivity index (χ1n) is 8.66. The van der Waals surface area contributed by atoms with E-state index in [0.29, 0.717) is 13.0 Å². The fraction of sp³-hybridized carbons (Fsp3) is 0.400. The Balaban J connectivity index is 1.46. The summed E-state index contributed by atoms with van der Waals surface area (Å²) in [4.78, 5) is 18.6. The van der Waals surface area contributed by atoms with Crippen LogP contribution < -0.4 is 4.74 Å². The van der Waals surface area contributed by atoms with E-state index in [2.05, 4.69) is 4.98 Å². The highest BCUT2D eigenvalue weighted by atomic mass is 16.5. The standard InChI is InChI=1S/C20H24N2O3/c1-24-19-7-3-2-6-17(19)13-20(23)22-11-8-18(9-12-22)25-15-16-5-4-10-21-14-16/h2-7,10,14,18H,8-9,11-13,15H2,1H3. The molecule has 1 fully saturated rings. The zero-order valence-corrected chi connectivity index (χ0v) is 14.6. The van der Waals surface area contributed by atoms with Crippen molar-refractivity contribution in [2.24, 2.45) is 0 Å². The highest BCUT2D eigenvalue weighted by molar-refractivity contribution is 5.79. The van der Waals surface area contributed by atoms with Crippen LogP contribution in [0, 0.1) is 0 Å². The Kier molecular flexibility index (Phi) is 6.01. The molecule has 2 heterocycles. The van der Waals surface area contributed by atoms with Crippen LogP contribution in [0.4, 0.5) is 0 Å². The van der Waals surface area contributed by atoms with Gasteiger partial charge in [0.2, 0.25) is 5.91 Å². The van der Waals surface area contributed by atoms with Gasteiger partial charge in [0.15, 0.2) is 0 Å². The minimum Gasteiger partial charge on any atom is -0.496 e. The molecule has 1 aliphatic heterocycles. The summed E-state index contributed by atoms with van der Waals surface area (Å²) >= 11 is 0. The Morgan fingerprint density at radius 1 is 1.20 bits per heavy atom. The molecule has 1 aromatic heterocycles. The molecule has 0 aliphatic carbocycles. The zero-order chi connectivity index (χ0) is 17.5. The van der Waals surface area contributed by atoms with Crippen molar-refractivity contribution in [1.29, 1.82) is 0 Å². The molecule has 0 atom stereocenters. The van der Waals surface area contributed by atoms with Crippen molar-refractivity contribution >= 4 is 5.91 Å². The van der Waals surface area contributed by atoms with Gasteiger partial charge in [-0.05, 0) is 30.5 Å². The molecule has 0 unspecified atom stereocenters. The number of rotatable bonds is 6. The van der Waals surface area contributed by atoms with E-state index in [9.17, 15) is 4.79 Å². The first kappa shape index (κ1) is 17.4. The number of ether oxygens (including phenoxy) is 2. The molecule has 1 aromatic carbocycles. The van der Waals surface area contributed by atoms with Crippen molar-refractivity contribution in [3.05, 3.63) is 59.9 Å². The average molecular weight is 340 g/mol. The summed E-state index contributed by atoms with van der Waals surface area (Å²) < 4.78 is 11.3. The molecule has 5 nitrogen and oxygen atoms in total. The van der Waals surface area contributed by atoms with Crippen LogP contribution in [0.15, 0.2) is 48.8 Å². The van der Waals surface area contributed by atoms with Gasteiger partial charge in [-0.25, -0.2) is 0 Å². The van der Waals surface area contributed by atoms with Crippen LogP contribution in [0.3, 0.4) is 0 Å². The molecule has 25 heavy (non-hydrogen) atoms. The number of methoxy groups -OCH3 is 1. The number of benzene rings is 1. The SMILES string of the molecule is COc1ccccc1CC(=O)N1CCC(OCc2cccnc2)CC1. The quantitative estimate of drug-likeness (QED) is 0.811. The van der Waals surface area contributed by atoms with Crippen LogP contribution in [-0.4, -0.2) is 42.1 Å². The van der Waals surface area contributed by atoms with Crippen molar-refractivity contribution in [1.82, 2.24) is 9.88 Å². The number of piperidine rings is 1. The Morgan fingerprint density at radius 3 is 2.72 bits per heavy atom. The van der Waals surface area contributed by atoms with Crippen molar-refractivity contribution in [2.45, 2.75) is 32.0 Å². The van der Waals surface area contributed by atoms with Gasteiger partial charge in [0, 0.05) is 31.0 Å². The molecule has 1 saturated heterocycles. The largest absolute Gasteiger partial charge is 0.496 e. The molecule has 5 heteroatoms. The summed E-state index contributed by atoms with van der Waals surface area (Å²) in [5.74, 6) is 0.917. The summed E-state index contributed by atoms with van der Waals surface area (Å²) in [7, 11) is 1.63. The smallest absolute Gasteiger partial charge is 0.227 e. The maximum atomic E-state index is 12.5. The number of likely N-dealkylation sites (tertiary alicyclic amines) is 1. The maximum Gasteiger partial charge on any atom is 0.227 e. The van der Waals surface area contributed by atoms with E-state index in [1.165, 1.54) is 0 Å². The van der Waals surface area contributed by atoms with Crippen LogP contribution in [0.2, 0.25) is 0 Å². The molecule has 2 aromatic rings. The van der Waals surface area contributed by atoms with Crippen molar-refractivity contribution < 1.29 is 14.3 Å². The third-order valence-electron chi connectivity index (χ3n) is 4.54. The van der Waals surface area contributed by atoms with Crippen molar-refractivity contribution in [3.8, 4) is 5.75 Å². The Labute approximate surface area is 148 Å². The number of pyridine rings is 1. The highest BCUT2D eigenvalue weighted by Crippen LogP contribution is 2.21. The molecule has 0 bridgehead atoms. The number of aromatic nitrogens is 1. The Bertz CT molecular complexity index is 682. The van der Waals surface area contributed by atoms with Crippen LogP contribution in [0.5, 0.6) is 5.75 Å². The number of amides is 1. The Morgan fingerprint density at radius 2 is 2.00 bits per heavy atom. The number of carbonyl (C=O) groups excluding carboxylic acids is 1. The lowest BCUT2D eigenvalue weighted by Gasteiger charge is -2.32.